The molecule has 0 aliphatic rings. The maximum Gasteiger partial charge on any atom is 0.306 e. The van der Waals surface area contributed by atoms with Crippen molar-refractivity contribution in [1.82, 2.24) is 0 Å². The van der Waals surface area contributed by atoms with Crippen molar-refractivity contribution >= 4 is 17.9 Å². The van der Waals surface area contributed by atoms with Crippen LogP contribution in [0.2, 0.25) is 0 Å². The molecule has 0 aliphatic heterocycles. The predicted molar refractivity (Wildman–Crippen MR) is 293 cm³/mol. The first-order chi connectivity index (χ1) is 33.5. The highest BCUT2D eigenvalue weighted by molar-refractivity contribution is 5.71. The molecule has 68 heavy (non-hydrogen) atoms. The molecule has 0 N–H and O–H groups in total. The van der Waals surface area contributed by atoms with Crippen LogP contribution in [0.5, 0.6) is 0 Å². The van der Waals surface area contributed by atoms with E-state index in [0.717, 1.165) is 83.5 Å². The van der Waals surface area contributed by atoms with Gasteiger partial charge in [-0.2, -0.15) is 0 Å². The first kappa shape index (κ1) is 63.8. The lowest BCUT2D eigenvalue weighted by Gasteiger charge is -2.18. The van der Waals surface area contributed by atoms with Crippen molar-refractivity contribution in [3.63, 3.8) is 0 Å². The molecule has 0 aliphatic carbocycles. The van der Waals surface area contributed by atoms with Gasteiger partial charge < -0.3 is 14.2 Å². The van der Waals surface area contributed by atoms with Gasteiger partial charge in [0.1, 0.15) is 13.2 Å². The molecule has 0 rings (SSSR count). The molecule has 0 bridgehead atoms. The summed E-state index contributed by atoms with van der Waals surface area (Å²) in [6.07, 6.45) is 76.3. The zero-order valence-corrected chi connectivity index (χ0v) is 43.8. The molecule has 0 aromatic carbocycles. The zero-order valence-electron chi connectivity index (χ0n) is 43.8. The van der Waals surface area contributed by atoms with Crippen LogP contribution in [-0.4, -0.2) is 37.2 Å². The third-order valence-corrected chi connectivity index (χ3v) is 11.4. The van der Waals surface area contributed by atoms with Gasteiger partial charge in [0.15, 0.2) is 6.10 Å². The van der Waals surface area contributed by atoms with E-state index in [9.17, 15) is 14.4 Å². The van der Waals surface area contributed by atoms with Gasteiger partial charge >= 0.3 is 17.9 Å². The fourth-order valence-electron chi connectivity index (χ4n) is 7.28. The molecular formula is C62H100O6. The van der Waals surface area contributed by atoms with Gasteiger partial charge in [0.2, 0.25) is 0 Å². The van der Waals surface area contributed by atoms with Crippen LogP contribution in [-0.2, 0) is 28.6 Å². The second-order valence-corrected chi connectivity index (χ2v) is 17.9. The monoisotopic (exact) mass is 941 g/mol. The molecule has 0 aromatic rings. The van der Waals surface area contributed by atoms with E-state index in [4.69, 9.17) is 14.2 Å². The SMILES string of the molecule is CC\C=C/C=C\C=C/C=C\C=C/CCCCCC(=O)OCC(COC(=O)CCCCCCCCCCCCCCCCCCCCC)OC(=O)CC/C=C\C/C=C\C/C=C\C/C=C\C/C=C\CC. The maximum absolute atomic E-state index is 12.8. The topological polar surface area (TPSA) is 78.9 Å². The summed E-state index contributed by atoms with van der Waals surface area (Å²) >= 11 is 0. The molecule has 1 unspecified atom stereocenters. The Hall–Kier alpha value is -4.19. The summed E-state index contributed by atoms with van der Waals surface area (Å²) in [5.41, 5.74) is 0. The second-order valence-electron chi connectivity index (χ2n) is 17.9. The largest absolute Gasteiger partial charge is 0.462 e. The highest BCUT2D eigenvalue weighted by Crippen LogP contribution is 2.15. The van der Waals surface area contributed by atoms with Crippen LogP contribution in [0.15, 0.2) is 122 Å². The molecule has 0 spiro atoms. The molecule has 0 aromatic heterocycles. The minimum absolute atomic E-state index is 0.123. The predicted octanol–water partition coefficient (Wildman–Crippen LogP) is 18.5. The Kier molecular flexibility index (Phi) is 52.0. The Morgan fingerprint density at radius 1 is 0.324 bits per heavy atom. The quantitative estimate of drug-likeness (QED) is 0.0199. The summed E-state index contributed by atoms with van der Waals surface area (Å²) in [4.78, 5) is 38.1. The van der Waals surface area contributed by atoms with Crippen LogP contribution in [0.4, 0.5) is 0 Å². The summed E-state index contributed by atoms with van der Waals surface area (Å²) in [5.74, 6) is -1.05. The maximum atomic E-state index is 12.8. The highest BCUT2D eigenvalue weighted by atomic mass is 16.6. The van der Waals surface area contributed by atoms with Crippen LogP contribution in [0, 0.1) is 0 Å². The minimum Gasteiger partial charge on any atom is -0.462 e. The lowest BCUT2D eigenvalue weighted by atomic mass is 10.0. The zero-order chi connectivity index (χ0) is 49.3. The minimum atomic E-state index is -0.837. The van der Waals surface area contributed by atoms with Gasteiger partial charge in [0.05, 0.1) is 0 Å². The fourth-order valence-corrected chi connectivity index (χ4v) is 7.28. The molecular weight excluding hydrogens is 841 g/mol. The van der Waals surface area contributed by atoms with Crippen molar-refractivity contribution in [2.24, 2.45) is 0 Å². The summed E-state index contributed by atoms with van der Waals surface area (Å²) in [6.45, 7) is 6.28. The lowest BCUT2D eigenvalue weighted by molar-refractivity contribution is -0.166. The third kappa shape index (κ3) is 52.8. The number of unbranched alkanes of at least 4 members (excludes halogenated alkanes) is 21. The molecule has 0 saturated heterocycles. The van der Waals surface area contributed by atoms with Gasteiger partial charge in [-0.25, -0.2) is 0 Å². The van der Waals surface area contributed by atoms with E-state index in [2.05, 4.69) is 81.5 Å². The van der Waals surface area contributed by atoms with E-state index in [0.29, 0.717) is 19.3 Å². The van der Waals surface area contributed by atoms with E-state index in [-0.39, 0.29) is 31.6 Å². The van der Waals surface area contributed by atoms with Crippen molar-refractivity contribution in [2.75, 3.05) is 13.2 Å². The third-order valence-electron chi connectivity index (χ3n) is 11.4. The molecule has 0 amide bonds. The van der Waals surface area contributed by atoms with Gasteiger partial charge in [-0.3, -0.25) is 14.4 Å². The van der Waals surface area contributed by atoms with Crippen molar-refractivity contribution in [3.8, 4) is 0 Å². The van der Waals surface area contributed by atoms with Gasteiger partial charge in [-0.1, -0.05) is 264 Å². The fraction of sp³-hybridized carbons (Fsp3) is 0.629. The Morgan fingerprint density at radius 3 is 1.10 bits per heavy atom. The average Bonchev–Trinajstić information content (AvgIpc) is 3.34. The summed E-state index contributed by atoms with van der Waals surface area (Å²) in [7, 11) is 0. The van der Waals surface area contributed by atoms with Gasteiger partial charge in [0, 0.05) is 19.3 Å². The molecule has 0 radical (unpaired) electrons. The smallest absolute Gasteiger partial charge is 0.306 e. The first-order valence-electron chi connectivity index (χ1n) is 27.6. The van der Waals surface area contributed by atoms with Crippen molar-refractivity contribution in [2.45, 2.75) is 239 Å². The summed E-state index contributed by atoms with van der Waals surface area (Å²) < 4.78 is 16.7. The number of carbonyl (C=O) groups is 3. The number of rotatable bonds is 48. The Balaban J connectivity index is 4.53. The van der Waals surface area contributed by atoms with Gasteiger partial charge in [0.25, 0.3) is 0 Å². The van der Waals surface area contributed by atoms with E-state index in [1.54, 1.807) is 0 Å². The normalized spacial score (nSPS) is 13.0. The van der Waals surface area contributed by atoms with Crippen LogP contribution < -0.4 is 0 Å². The number of carbonyl (C=O) groups excluding carboxylic acids is 3. The summed E-state index contributed by atoms with van der Waals surface area (Å²) in [6, 6.07) is 0. The number of esters is 3. The highest BCUT2D eigenvalue weighted by Gasteiger charge is 2.19. The Bertz CT molecular complexity index is 1450. The molecule has 1 atom stereocenters. The van der Waals surface area contributed by atoms with Gasteiger partial charge in [-0.05, 0) is 70.6 Å². The number of hydrogen-bond donors (Lipinski definition) is 0. The molecule has 0 saturated carbocycles. The number of hydrogen-bond acceptors (Lipinski definition) is 6. The number of ether oxygens (including phenoxy) is 3. The summed E-state index contributed by atoms with van der Waals surface area (Å²) in [5, 5.41) is 0. The molecule has 0 heterocycles. The standard InChI is InChI=1S/C62H100O6/c1-4-7-10-13-16-19-22-25-28-30-31-32-35-37-40-43-46-49-52-55-61(64)67-58-59(57-66-60(63)54-51-48-45-42-39-36-33-27-24-21-18-15-12-9-6-3)68-62(65)56-53-50-47-44-41-38-34-29-26-23-20-17-14-11-8-5-2/h8-9,11-12,15,17-18,20-21,24,26-27,29,33,36,38-39,41,47,50,59H,4-7,10,13-14,16,19,22-23,25,28,30-32,34-35,37,40,42-46,48-49,51-58H2,1-3H3/b11-8-,12-9-,18-15-,20-17-,24-21-,29-26-,33-27-,39-36-,41-38-,50-47-. The van der Waals surface area contributed by atoms with E-state index in [1.807, 2.05) is 60.8 Å². The van der Waals surface area contributed by atoms with E-state index in [1.165, 1.54) is 103 Å². The van der Waals surface area contributed by atoms with E-state index < -0.39 is 12.1 Å². The first-order valence-corrected chi connectivity index (χ1v) is 27.6. The lowest BCUT2D eigenvalue weighted by Crippen LogP contribution is -2.30. The Labute approximate surface area is 418 Å². The van der Waals surface area contributed by atoms with Crippen molar-refractivity contribution in [3.05, 3.63) is 122 Å². The van der Waals surface area contributed by atoms with Crippen LogP contribution >= 0.6 is 0 Å². The molecule has 6 heteroatoms. The Morgan fingerprint density at radius 2 is 0.676 bits per heavy atom. The molecule has 384 valence electrons. The number of allylic oxidation sites excluding steroid dienone is 20. The van der Waals surface area contributed by atoms with Crippen LogP contribution in [0.1, 0.15) is 233 Å². The molecule has 6 nitrogen and oxygen atoms in total. The second kappa shape index (κ2) is 55.4. The van der Waals surface area contributed by atoms with Gasteiger partial charge in [-0.15, -0.1) is 0 Å². The van der Waals surface area contributed by atoms with Crippen LogP contribution in [0.3, 0.4) is 0 Å². The van der Waals surface area contributed by atoms with Crippen molar-refractivity contribution < 1.29 is 28.6 Å². The van der Waals surface area contributed by atoms with E-state index >= 15 is 0 Å². The van der Waals surface area contributed by atoms with Crippen molar-refractivity contribution in [1.29, 1.82) is 0 Å². The van der Waals surface area contributed by atoms with Crippen LogP contribution in [0.25, 0.3) is 0 Å². The average molecular weight is 941 g/mol. The molecule has 0 fully saturated rings.